The smallest absolute Gasteiger partial charge is 0.227 e. The average Bonchev–Trinajstić information content (AvgIpc) is 2.98. The van der Waals surface area contributed by atoms with E-state index in [2.05, 4.69) is 10.2 Å². The number of anilines is 1. The Morgan fingerprint density at radius 2 is 1.91 bits per heavy atom. The molecule has 0 unspecified atom stereocenters. The molecule has 4 bridgehead atoms. The number of aromatic amines is 1. The number of nitrogens with one attached hydrogen (secondary N) is 1. The highest BCUT2D eigenvalue weighted by Gasteiger charge is 2.48. The minimum atomic E-state index is 0.347. The van der Waals surface area contributed by atoms with Crippen LogP contribution < -0.4 is 4.90 Å². The van der Waals surface area contributed by atoms with Crippen LogP contribution in [0, 0.1) is 29.6 Å². The molecule has 4 nitrogen and oxygen atoms in total. The molecule has 4 aliphatic carbocycles. The fraction of sp³-hybridized carbons (Fsp3) is 0.778. The summed E-state index contributed by atoms with van der Waals surface area (Å²) in [5.41, 5.74) is 2.18. The number of fused-ring (bicyclic) bond motifs is 1. The van der Waals surface area contributed by atoms with Gasteiger partial charge in [-0.05, 0) is 74.5 Å². The van der Waals surface area contributed by atoms with Crippen LogP contribution in [0.5, 0.6) is 0 Å². The van der Waals surface area contributed by atoms with Crippen LogP contribution in [0.15, 0.2) is 6.20 Å². The first-order chi connectivity index (χ1) is 10.8. The summed E-state index contributed by atoms with van der Waals surface area (Å²) in [6, 6.07) is 0. The van der Waals surface area contributed by atoms with E-state index in [1.165, 1.54) is 32.1 Å². The average molecular weight is 299 g/mol. The lowest BCUT2D eigenvalue weighted by molar-refractivity contribution is -0.123. The first kappa shape index (κ1) is 13.1. The molecule has 5 aliphatic rings. The maximum atomic E-state index is 12.9. The highest BCUT2D eigenvalue weighted by atomic mass is 16.2. The molecule has 2 heterocycles. The molecule has 4 heteroatoms. The Morgan fingerprint density at radius 3 is 2.64 bits per heavy atom. The Labute approximate surface area is 131 Å². The largest absolute Gasteiger partial charge is 0.309 e. The molecule has 1 aromatic rings. The van der Waals surface area contributed by atoms with Crippen molar-refractivity contribution in [2.45, 2.75) is 51.4 Å². The number of carbonyl (C=O) groups is 1. The summed E-state index contributed by atoms with van der Waals surface area (Å²) in [5.74, 6) is 4.67. The quantitative estimate of drug-likeness (QED) is 0.912. The van der Waals surface area contributed by atoms with Crippen LogP contribution in [-0.4, -0.2) is 22.6 Å². The van der Waals surface area contributed by atoms with Gasteiger partial charge in [-0.3, -0.25) is 9.89 Å². The van der Waals surface area contributed by atoms with Crippen molar-refractivity contribution in [2.24, 2.45) is 29.6 Å². The molecular weight excluding hydrogens is 274 g/mol. The van der Waals surface area contributed by atoms with Gasteiger partial charge >= 0.3 is 0 Å². The lowest BCUT2D eigenvalue weighted by Crippen LogP contribution is -2.47. The zero-order valence-corrected chi connectivity index (χ0v) is 13.1. The van der Waals surface area contributed by atoms with Gasteiger partial charge in [0.25, 0.3) is 0 Å². The molecule has 6 rings (SSSR count). The summed E-state index contributed by atoms with van der Waals surface area (Å²) in [6.07, 6.45) is 11.8. The maximum absolute atomic E-state index is 12.9. The summed E-state index contributed by atoms with van der Waals surface area (Å²) in [5, 5.41) is 7.19. The Morgan fingerprint density at radius 1 is 1.18 bits per heavy atom. The van der Waals surface area contributed by atoms with Crippen LogP contribution in [-0.2, 0) is 11.2 Å². The van der Waals surface area contributed by atoms with Gasteiger partial charge in [0.2, 0.25) is 5.91 Å². The second-order valence-corrected chi connectivity index (χ2v) is 8.18. The van der Waals surface area contributed by atoms with Gasteiger partial charge in [0.15, 0.2) is 0 Å². The number of carbonyl (C=O) groups excluding carboxylic acids is 1. The van der Waals surface area contributed by atoms with Crippen LogP contribution in [0.25, 0.3) is 0 Å². The van der Waals surface area contributed by atoms with Gasteiger partial charge in [-0.15, -0.1) is 0 Å². The third kappa shape index (κ3) is 1.95. The van der Waals surface area contributed by atoms with E-state index in [1.54, 1.807) is 0 Å². The van der Waals surface area contributed by atoms with E-state index in [-0.39, 0.29) is 0 Å². The summed E-state index contributed by atoms with van der Waals surface area (Å²) in [6.45, 7) is 0.874. The Hall–Kier alpha value is -1.32. The van der Waals surface area contributed by atoms with Crippen LogP contribution in [0.3, 0.4) is 0 Å². The second kappa shape index (κ2) is 4.84. The highest BCUT2D eigenvalue weighted by molar-refractivity contribution is 5.94. The molecule has 0 saturated heterocycles. The van der Waals surface area contributed by atoms with Gasteiger partial charge in [-0.1, -0.05) is 0 Å². The zero-order valence-electron chi connectivity index (χ0n) is 13.1. The SMILES string of the molecule is O=C(CC1C2CC3CC(C2)CC1C3)N1CCCc2[nH]ncc21. The van der Waals surface area contributed by atoms with Crippen molar-refractivity contribution >= 4 is 11.6 Å². The third-order valence-corrected chi connectivity index (χ3v) is 6.93. The second-order valence-electron chi connectivity index (χ2n) is 8.18. The summed E-state index contributed by atoms with van der Waals surface area (Å²) < 4.78 is 0. The van der Waals surface area contributed by atoms with Crippen LogP contribution in [0.1, 0.15) is 50.6 Å². The minimum absolute atomic E-state index is 0.347. The number of amides is 1. The van der Waals surface area contributed by atoms with Crippen molar-refractivity contribution in [1.29, 1.82) is 0 Å². The van der Waals surface area contributed by atoms with Crippen LogP contribution >= 0.6 is 0 Å². The predicted octanol–water partition coefficient (Wildman–Crippen LogP) is 3.15. The molecule has 1 aliphatic heterocycles. The predicted molar refractivity (Wildman–Crippen MR) is 84.4 cm³/mol. The molecule has 0 radical (unpaired) electrons. The Balaban J connectivity index is 1.34. The molecule has 4 saturated carbocycles. The van der Waals surface area contributed by atoms with Gasteiger partial charge in [0.1, 0.15) is 0 Å². The van der Waals surface area contributed by atoms with Crippen molar-refractivity contribution < 1.29 is 4.79 Å². The maximum Gasteiger partial charge on any atom is 0.227 e. The van der Waals surface area contributed by atoms with Gasteiger partial charge in [-0.2, -0.15) is 5.10 Å². The number of hydrogen-bond donors (Lipinski definition) is 1. The molecule has 0 spiro atoms. The topological polar surface area (TPSA) is 49.0 Å². The highest BCUT2D eigenvalue weighted by Crippen LogP contribution is 2.57. The van der Waals surface area contributed by atoms with Gasteiger partial charge in [0, 0.05) is 13.0 Å². The van der Waals surface area contributed by atoms with Gasteiger partial charge in [0.05, 0.1) is 17.6 Å². The van der Waals surface area contributed by atoms with Crippen molar-refractivity contribution in [1.82, 2.24) is 10.2 Å². The number of nitrogens with zero attached hydrogens (tertiary/aromatic N) is 2. The van der Waals surface area contributed by atoms with Crippen LogP contribution in [0.2, 0.25) is 0 Å². The van der Waals surface area contributed by atoms with E-state index < -0.39 is 0 Å². The lowest BCUT2D eigenvalue weighted by atomic mass is 9.51. The van der Waals surface area contributed by atoms with E-state index in [9.17, 15) is 4.79 Å². The summed E-state index contributed by atoms with van der Waals surface area (Å²) in [7, 11) is 0. The molecule has 1 N–H and O–H groups in total. The number of aromatic nitrogens is 2. The molecule has 0 aromatic carbocycles. The van der Waals surface area contributed by atoms with E-state index >= 15 is 0 Å². The van der Waals surface area contributed by atoms with E-state index in [1.807, 2.05) is 11.1 Å². The van der Waals surface area contributed by atoms with Gasteiger partial charge in [-0.25, -0.2) is 0 Å². The van der Waals surface area contributed by atoms with Crippen molar-refractivity contribution in [2.75, 3.05) is 11.4 Å². The van der Waals surface area contributed by atoms with E-state index in [4.69, 9.17) is 0 Å². The molecule has 0 atom stereocenters. The number of rotatable bonds is 2. The third-order valence-electron chi connectivity index (χ3n) is 6.93. The van der Waals surface area contributed by atoms with Gasteiger partial charge < -0.3 is 4.90 Å². The molecule has 4 fully saturated rings. The fourth-order valence-electron chi connectivity index (χ4n) is 6.20. The lowest BCUT2D eigenvalue weighted by Gasteiger charge is -2.54. The van der Waals surface area contributed by atoms with E-state index in [0.29, 0.717) is 11.8 Å². The minimum Gasteiger partial charge on any atom is -0.309 e. The fourth-order valence-corrected chi connectivity index (χ4v) is 6.20. The molecular formula is C18H25N3O. The monoisotopic (exact) mass is 299 g/mol. The van der Waals surface area contributed by atoms with E-state index in [0.717, 1.165) is 60.9 Å². The normalized spacial score (nSPS) is 39.1. The number of H-pyrrole nitrogens is 1. The first-order valence-corrected chi connectivity index (χ1v) is 9.10. The molecule has 118 valence electrons. The van der Waals surface area contributed by atoms with Crippen molar-refractivity contribution in [3.05, 3.63) is 11.9 Å². The molecule has 1 amide bonds. The van der Waals surface area contributed by atoms with Crippen molar-refractivity contribution in [3.8, 4) is 0 Å². The molecule has 22 heavy (non-hydrogen) atoms. The van der Waals surface area contributed by atoms with Crippen LogP contribution in [0.4, 0.5) is 5.69 Å². The zero-order chi connectivity index (χ0) is 14.7. The standard InChI is InChI=1S/C18H25N3O/c22-18(21-3-1-2-16-17(21)10-19-20-16)9-15-13-5-11-4-12(7-13)8-14(15)6-11/h10-15H,1-9H2,(H,19,20). The Kier molecular flexibility index (Phi) is 2.89. The number of aryl methyl sites for hydroxylation is 1. The summed E-state index contributed by atoms with van der Waals surface area (Å²) >= 11 is 0. The first-order valence-electron chi connectivity index (χ1n) is 9.10. The summed E-state index contributed by atoms with van der Waals surface area (Å²) in [4.78, 5) is 14.9. The van der Waals surface area contributed by atoms with Crippen molar-refractivity contribution in [3.63, 3.8) is 0 Å². The Bertz CT molecular complexity index is 565. The number of hydrogen-bond acceptors (Lipinski definition) is 2. The molecule has 1 aromatic heterocycles.